The van der Waals surface area contributed by atoms with E-state index in [0.29, 0.717) is 17.1 Å². The van der Waals surface area contributed by atoms with Crippen LogP contribution in [-0.2, 0) is 6.42 Å². The monoisotopic (exact) mass is 298 g/mol. The molecule has 21 heavy (non-hydrogen) atoms. The molecule has 0 aliphatic carbocycles. The second kappa shape index (κ2) is 6.12. The number of rotatable bonds is 4. The molecule has 3 aromatic rings. The smallest absolute Gasteiger partial charge is 0.102 e. The van der Waals surface area contributed by atoms with Crippen molar-refractivity contribution in [1.82, 2.24) is 9.78 Å². The van der Waals surface area contributed by atoms with Crippen molar-refractivity contribution in [2.75, 3.05) is 0 Å². The van der Waals surface area contributed by atoms with E-state index >= 15 is 0 Å². The average molecular weight is 299 g/mol. The molecule has 0 aliphatic rings. The first-order valence-corrected chi connectivity index (χ1v) is 7.14. The standard InChI is InChI=1S/C17H15ClN2O/c18-14-6-4-5-13(11-14)12-17(21)16-9-10-20(19-16)15-7-2-1-3-8-15/h1-11,17,21H,12H2. The molecule has 1 N–H and O–H groups in total. The SMILES string of the molecule is OC(Cc1cccc(Cl)c1)c1ccn(-c2ccccc2)n1. The molecule has 1 unspecified atom stereocenters. The fourth-order valence-electron chi connectivity index (χ4n) is 2.23. The first-order chi connectivity index (χ1) is 10.2. The van der Waals surface area contributed by atoms with Crippen LogP contribution in [0.25, 0.3) is 5.69 Å². The minimum Gasteiger partial charge on any atom is -0.386 e. The average Bonchev–Trinajstić information content (AvgIpc) is 2.98. The van der Waals surface area contributed by atoms with Crippen molar-refractivity contribution in [3.63, 3.8) is 0 Å². The van der Waals surface area contributed by atoms with Gasteiger partial charge >= 0.3 is 0 Å². The molecule has 0 aliphatic heterocycles. The van der Waals surface area contributed by atoms with E-state index in [-0.39, 0.29) is 0 Å². The highest BCUT2D eigenvalue weighted by atomic mass is 35.5. The van der Waals surface area contributed by atoms with Gasteiger partial charge in [0, 0.05) is 17.6 Å². The predicted molar refractivity (Wildman–Crippen MR) is 83.7 cm³/mol. The molecule has 0 amide bonds. The minimum absolute atomic E-state index is 0.492. The zero-order valence-corrected chi connectivity index (χ0v) is 12.1. The first kappa shape index (κ1) is 13.9. The van der Waals surface area contributed by atoms with Gasteiger partial charge in [-0.05, 0) is 35.9 Å². The number of aliphatic hydroxyl groups is 1. The number of hydrogen-bond donors (Lipinski definition) is 1. The molecule has 3 nitrogen and oxygen atoms in total. The fourth-order valence-corrected chi connectivity index (χ4v) is 2.44. The molecule has 1 atom stereocenters. The summed E-state index contributed by atoms with van der Waals surface area (Å²) in [6.07, 6.45) is 1.70. The van der Waals surface area contributed by atoms with E-state index in [0.717, 1.165) is 11.3 Å². The maximum absolute atomic E-state index is 10.3. The molecule has 0 saturated carbocycles. The van der Waals surface area contributed by atoms with Crippen molar-refractivity contribution in [3.05, 3.63) is 83.1 Å². The van der Waals surface area contributed by atoms with E-state index in [4.69, 9.17) is 11.6 Å². The molecule has 2 aromatic carbocycles. The number of benzene rings is 2. The number of para-hydroxylation sites is 1. The van der Waals surface area contributed by atoms with E-state index in [1.807, 2.05) is 66.9 Å². The molecule has 0 fully saturated rings. The van der Waals surface area contributed by atoms with Crippen molar-refractivity contribution < 1.29 is 5.11 Å². The Labute approximate surface area is 128 Å². The van der Waals surface area contributed by atoms with Crippen LogP contribution in [0, 0.1) is 0 Å². The van der Waals surface area contributed by atoms with Crippen molar-refractivity contribution >= 4 is 11.6 Å². The van der Waals surface area contributed by atoms with Crippen LogP contribution in [-0.4, -0.2) is 14.9 Å². The molecule has 0 bridgehead atoms. The van der Waals surface area contributed by atoms with Crippen molar-refractivity contribution in [2.24, 2.45) is 0 Å². The quantitative estimate of drug-likeness (QED) is 0.795. The largest absolute Gasteiger partial charge is 0.386 e. The van der Waals surface area contributed by atoms with Crippen LogP contribution >= 0.6 is 11.6 Å². The number of hydrogen-bond acceptors (Lipinski definition) is 2. The second-order valence-corrected chi connectivity index (χ2v) is 5.31. The molecule has 0 radical (unpaired) electrons. The zero-order chi connectivity index (χ0) is 14.7. The van der Waals surface area contributed by atoms with E-state index < -0.39 is 6.10 Å². The predicted octanol–water partition coefficient (Wildman–Crippen LogP) is 3.80. The third-order valence-corrected chi connectivity index (χ3v) is 3.53. The molecule has 0 spiro atoms. The lowest BCUT2D eigenvalue weighted by Gasteiger charge is -2.08. The summed E-state index contributed by atoms with van der Waals surface area (Å²) in [6, 6.07) is 19.2. The molecular weight excluding hydrogens is 284 g/mol. The van der Waals surface area contributed by atoms with Crippen LogP contribution in [0.1, 0.15) is 17.4 Å². The van der Waals surface area contributed by atoms with Gasteiger partial charge in [-0.1, -0.05) is 41.9 Å². The topological polar surface area (TPSA) is 38.0 Å². The highest BCUT2D eigenvalue weighted by Crippen LogP contribution is 2.20. The van der Waals surface area contributed by atoms with Gasteiger partial charge < -0.3 is 5.11 Å². The number of halogens is 1. The first-order valence-electron chi connectivity index (χ1n) is 6.76. The lowest BCUT2D eigenvalue weighted by Crippen LogP contribution is -2.04. The highest BCUT2D eigenvalue weighted by Gasteiger charge is 2.12. The van der Waals surface area contributed by atoms with Crippen LogP contribution in [0.4, 0.5) is 0 Å². The minimum atomic E-state index is -0.645. The van der Waals surface area contributed by atoms with Crippen LogP contribution in [0.2, 0.25) is 5.02 Å². The summed E-state index contributed by atoms with van der Waals surface area (Å²) in [5, 5.41) is 15.4. The van der Waals surface area contributed by atoms with Gasteiger partial charge in [0.15, 0.2) is 0 Å². The normalized spacial score (nSPS) is 12.3. The summed E-state index contributed by atoms with van der Waals surface area (Å²) in [4.78, 5) is 0. The molecule has 1 heterocycles. The Balaban J connectivity index is 1.77. The Kier molecular flexibility index (Phi) is 4.04. The van der Waals surface area contributed by atoms with E-state index in [9.17, 15) is 5.11 Å². The van der Waals surface area contributed by atoms with E-state index in [1.54, 1.807) is 4.68 Å². The Morgan fingerprint density at radius 1 is 1.05 bits per heavy atom. The fraction of sp³-hybridized carbons (Fsp3) is 0.118. The molecule has 106 valence electrons. The maximum atomic E-state index is 10.3. The molecule has 3 rings (SSSR count). The second-order valence-electron chi connectivity index (χ2n) is 4.87. The van der Waals surface area contributed by atoms with Crippen LogP contribution < -0.4 is 0 Å². The summed E-state index contributed by atoms with van der Waals surface area (Å²) in [5.74, 6) is 0. The molecule has 0 saturated heterocycles. The van der Waals surface area contributed by atoms with Gasteiger partial charge in [-0.15, -0.1) is 0 Å². The van der Waals surface area contributed by atoms with Crippen molar-refractivity contribution in [2.45, 2.75) is 12.5 Å². The number of aliphatic hydroxyl groups excluding tert-OH is 1. The maximum Gasteiger partial charge on any atom is 0.102 e. The summed E-state index contributed by atoms with van der Waals surface area (Å²) < 4.78 is 1.76. The molecule has 4 heteroatoms. The van der Waals surface area contributed by atoms with Crippen molar-refractivity contribution in [3.8, 4) is 5.69 Å². The van der Waals surface area contributed by atoms with Crippen LogP contribution in [0.5, 0.6) is 0 Å². The number of aromatic nitrogens is 2. The van der Waals surface area contributed by atoms with Gasteiger partial charge in [0.25, 0.3) is 0 Å². The van der Waals surface area contributed by atoms with Gasteiger partial charge in [0.05, 0.1) is 11.4 Å². The number of nitrogens with zero attached hydrogens (tertiary/aromatic N) is 2. The Bertz CT molecular complexity index is 724. The van der Waals surface area contributed by atoms with Gasteiger partial charge in [-0.25, -0.2) is 4.68 Å². The highest BCUT2D eigenvalue weighted by molar-refractivity contribution is 6.30. The third kappa shape index (κ3) is 3.32. The van der Waals surface area contributed by atoms with E-state index in [2.05, 4.69) is 5.10 Å². The van der Waals surface area contributed by atoms with E-state index in [1.165, 1.54) is 0 Å². The lowest BCUT2D eigenvalue weighted by molar-refractivity contribution is 0.173. The summed E-state index contributed by atoms with van der Waals surface area (Å²) in [5.41, 5.74) is 2.61. The summed E-state index contributed by atoms with van der Waals surface area (Å²) >= 11 is 5.96. The third-order valence-electron chi connectivity index (χ3n) is 3.29. The van der Waals surface area contributed by atoms with Gasteiger partial charge in [-0.3, -0.25) is 0 Å². The summed E-state index contributed by atoms with van der Waals surface area (Å²) in [6.45, 7) is 0. The van der Waals surface area contributed by atoms with Crippen LogP contribution in [0.3, 0.4) is 0 Å². The van der Waals surface area contributed by atoms with Gasteiger partial charge in [0.2, 0.25) is 0 Å². The van der Waals surface area contributed by atoms with Crippen molar-refractivity contribution in [1.29, 1.82) is 0 Å². The lowest BCUT2D eigenvalue weighted by atomic mass is 10.1. The summed E-state index contributed by atoms with van der Waals surface area (Å²) in [7, 11) is 0. The Hall–Kier alpha value is -2.10. The van der Waals surface area contributed by atoms with Gasteiger partial charge in [-0.2, -0.15) is 5.10 Å². The Morgan fingerprint density at radius 2 is 1.86 bits per heavy atom. The van der Waals surface area contributed by atoms with Gasteiger partial charge in [0.1, 0.15) is 6.10 Å². The molecular formula is C17H15ClN2O. The Morgan fingerprint density at radius 3 is 2.62 bits per heavy atom. The zero-order valence-electron chi connectivity index (χ0n) is 11.4. The molecule has 1 aromatic heterocycles. The van der Waals surface area contributed by atoms with Crippen LogP contribution in [0.15, 0.2) is 66.9 Å².